The van der Waals surface area contributed by atoms with Crippen LogP contribution in [-0.4, -0.2) is 20.7 Å². The van der Waals surface area contributed by atoms with Gasteiger partial charge in [0.15, 0.2) is 0 Å². The average Bonchev–Trinajstić information content (AvgIpc) is 2.28. The lowest BCUT2D eigenvalue weighted by molar-refractivity contribution is -0.138. The van der Waals surface area contributed by atoms with Gasteiger partial charge in [0.05, 0.1) is 6.61 Å². The monoisotopic (exact) mass is 268 g/mol. The lowest BCUT2D eigenvalue weighted by Gasteiger charge is -2.22. The Bertz CT molecular complexity index is 296. The number of carbonyl (C=O) groups is 1. The van der Waals surface area contributed by atoms with E-state index in [1.807, 2.05) is 6.92 Å². The van der Waals surface area contributed by atoms with E-state index in [0.29, 0.717) is 12.5 Å². The van der Waals surface area contributed by atoms with Crippen molar-refractivity contribution in [1.82, 2.24) is 0 Å². The highest BCUT2D eigenvalue weighted by Gasteiger charge is 2.22. The summed E-state index contributed by atoms with van der Waals surface area (Å²) in [4.78, 5) is 12.0. The standard InChI is InChI=1S/C15H28O2Si/c1-5-17-15(16)14(12-18(2,3)4)11-13-9-7-6-8-10-13/h11,13H,5-10,12H2,1-4H3/b14-11-. The van der Waals surface area contributed by atoms with Crippen LogP contribution < -0.4 is 0 Å². The molecule has 0 aromatic heterocycles. The van der Waals surface area contributed by atoms with E-state index in [0.717, 1.165) is 11.6 Å². The van der Waals surface area contributed by atoms with Crippen molar-refractivity contribution in [3.8, 4) is 0 Å². The molecule has 0 amide bonds. The van der Waals surface area contributed by atoms with Crippen molar-refractivity contribution < 1.29 is 9.53 Å². The van der Waals surface area contributed by atoms with Crippen LogP contribution in [0.3, 0.4) is 0 Å². The Balaban J connectivity index is 2.74. The van der Waals surface area contributed by atoms with Crippen molar-refractivity contribution in [1.29, 1.82) is 0 Å². The molecule has 1 saturated carbocycles. The van der Waals surface area contributed by atoms with Crippen LogP contribution in [0.15, 0.2) is 11.6 Å². The van der Waals surface area contributed by atoms with Crippen LogP contribution in [0.25, 0.3) is 0 Å². The molecule has 0 aromatic carbocycles. The first-order chi connectivity index (χ1) is 8.42. The van der Waals surface area contributed by atoms with Crippen LogP contribution in [-0.2, 0) is 9.53 Å². The molecule has 0 bridgehead atoms. The van der Waals surface area contributed by atoms with Crippen molar-refractivity contribution in [2.45, 2.75) is 64.7 Å². The summed E-state index contributed by atoms with van der Waals surface area (Å²) in [7, 11) is -1.27. The third kappa shape index (κ3) is 5.85. The first-order valence-electron chi connectivity index (χ1n) is 7.30. The minimum absolute atomic E-state index is 0.0782. The summed E-state index contributed by atoms with van der Waals surface area (Å²) in [6.07, 6.45) is 8.69. The molecule has 0 radical (unpaired) electrons. The number of rotatable bonds is 5. The molecule has 0 saturated heterocycles. The van der Waals surface area contributed by atoms with Crippen LogP contribution in [0.2, 0.25) is 25.7 Å². The minimum atomic E-state index is -1.27. The fraction of sp³-hybridized carbons (Fsp3) is 0.800. The van der Waals surface area contributed by atoms with Gasteiger partial charge in [-0.1, -0.05) is 45.0 Å². The second kappa shape index (κ2) is 7.12. The number of hydrogen-bond acceptors (Lipinski definition) is 2. The van der Waals surface area contributed by atoms with E-state index in [2.05, 4.69) is 25.7 Å². The fourth-order valence-corrected chi connectivity index (χ4v) is 3.98. The Kier molecular flexibility index (Phi) is 6.13. The molecule has 1 aliphatic carbocycles. The van der Waals surface area contributed by atoms with Crippen LogP contribution in [0.5, 0.6) is 0 Å². The van der Waals surface area contributed by atoms with Gasteiger partial charge >= 0.3 is 5.97 Å². The molecule has 0 heterocycles. The van der Waals surface area contributed by atoms with Crippen LogP contribution in [0.4, 0.5) is 0 Å². The largest absolute Gasteiger partial charge is 0.463 e. The van der Waals surface area contributed by atoms with E-state index in [4.69, 9.17) is 4.74 Å². The van der Waals surface area contributed by atoms with Crippen LogP contribution in [0, 0.1) is 5.92 Å². The first kappa shape index (κ1) is 15.5. The van der Waals surface area contributed by atoms with Gasteiger partial charge in [-0.15, -0.1) is 0 Å². The molecule has 0 N–H and O–H groups in total. The summed E-state index contributed by atoms with van der Waals surface area (Å²) >= 11 is 0. The van der Waals surface area contributed by atoms with Crippen molar-refractivity contribution in [3.63, 3.8) is 0 Å². The maximum Gasteiger partial charge on any atom is 0.333 e. The molecule has 0 spiro atoms. The molecule has 18 heavy (non-hydrogen) atoms. The van der Waals surface area contributed by atoms with Crippen molar-refractivity contribution in [3.05, 3.63) is 11.6 Å². The Hall–Kier alpha value is -0.573. The molecular weight excluding hydrogens is 240 g/mol. The van der Waals surface area contributed by atoms with E-state index < -0.39 is 8.07 Å². The molecule has 0 atom stereocenters. The van der Waals surface area contributed by atoms with Gasteiger partial charge in [-0.25, -0.2) is 4.79 Å². The summed E-state index contributed by atoms with van der Waals surface area (Å²) in [5.41, 5.74) is 0.947. The topological polar surface area (TPSA) is 26.3 Å². The second-order valence-corrected chi connectivity index (χ2v) is 12.0. The molecule has 0 aromatic rings. The van der Waals surface area contributed by atoms with Gasteiger partial charge in [0.25, 0.3) is 0 Å². The highest BCUT2D eigenvalue weighted by Crippen LogP contribution is 2.28. The van der Waals surface area contributed by atoms with E-state index in [1.54, 1.807) is 0 Å². The number of allylic oxidation sites excluding steroid dienone is 1. The SMILES string of the molecule is CCOC(=O)/C(=C\C1CCCCC1)C[Si](C)(C)C. The lowest BCUT2D eigenvalue weighted by atomic mass is 9.88. The molecule has 0 aliphatic heterocycles. The Morgan fingerprint density at radius 2 is 1.83 bits per heavy atom. The van der Waals surface area contributed by atoms with Gasteiger partial charge in [0.1, 0.15) is 0 Å². The number of hydrogen-bond donors (Lipinski definition) is 0. The maximum absolute atomic E-state index is 12.0. The number of carbonyl (C=O) groups excluding carboxylic acids is 1. The molecule has 2 nitrogen and oxygen atoms in total. The zero-order valence-electron chi connectivity index (χ0n) is 12.4. The Labute approximate surface area is 113 Å². The van der Waals surface area contributed by atoms with Crippen LogP contribution >= 0.6 is 0 Å². The molecule has 1 rings (SSSR count). The van der Waals surface area contributed by atoms with E-state index >= 15 is 0 Å². The van der Waals surface area contributed by atoms with Gasteiger partial charge in [0, 0.05) is 13.6 Å². The molecule has 104 valence electrons. The van der Waals surface area contributed by atoms with Crippen molar-refractivity contribution >= 4 is 14.0 Å². The fourth-order valence-electron chi connectivity index (χ4n) is 2.58. The summed E-state index contributed by atoms with van der Waals surface area (Å²) in [5, 5.41) is 0. The van der Waals surface area contributed by atoms with E-state index in [9.17, 15) is 4.79 Å². The normalized spacial score (nSPS) is 18.8. The van der Waals surface area contributed by atoms with E-state index in [1.165, 1.54) is 32.1 Å². The van der Waals surface area contributed by atoms with Gasteiger partial charge in [-0.05, 0) is 31.7 Å². The molecule has 1 aliphatic rings. The molecule has 3 heteroatoms. The Morgan fingerprint density at radius 1 is 1.22 bits per heavy atom. The quantitative estimate of drug-likeness (QED) is 0.420. The summed E-state index contributed by atoms with van der Waals surface area (Å²) in [5.74, 6) is 0.528. The summed E-state index contributed by atoms with van der Waals surface area (Å²) < 4.78 is 5.21. The first-order valence-corrected chi connectivity index (χ1v) is 11.0. The smallest absolute Gasteiger partial charge is 0.333 e. The van der Waals surface area contributed by atoms with Crippen LogP contribution in [0.1, 0.15) is 39.0 Å². The van der Waals surface area contributed by atoms with Gasteiger partial charge in [0.2, 0.25) is 0 Å². The lowest BCUT2D eigenvalue weighted by Crippen LogP contribution is -2.24. The van der Waals surface area contributed by atoms with Gasteiger partial charge < -0.3 is 4.74 Å². The second-order valence-electron chi connectivity index (χ2n) is 6.55. The maximum atomic E-state index is 12.0. The number of esters is 1. The average molecular weight is 268 g/mol. The molecule has 0 unspecified atom stereocenters. The highest BCUT2D eigenvalue weighted by molar-refractivity contribution is 6.77. The van der Waals surface area contributed by atoms with Gasteiger partial charge in [-0.2, -0.15) is 0 Å². The van der Waals surface area contributed by atoms with E-state index in [-0.39, 0.29) is 5.97 Å². The predicted octanol–water partition coefficient (Wildman–Crippen LogP) is 4.39. The predicted molar refractivity (Wildman–Crippen MR) is 79.4 cm³/mol. The third-order valence-electron chi connectivity index (χ3n) is 3.35. The minimum Gasteiger partial charge on any atom is -0.463 e. The number of ether oxygens (including phenoxy) is 1. The molecule has 1 fully saturated rings. The van der Waals surface area contributed by atoms with Crippen molar-refractivity contribution in [2.75, 3.05) is 6.61 Å². The third-order valence-corrected chi connectivity index (χ3v) is 4.79. The summed E-state index contributed by atoms with van der Waals surface area (Å²) in [6, 6.07) is 0.947. The molecular formula is C15H28O2Si. The van der Waals surface area contributed by atoms with Gasteiger partial charge in [-0.3, -0.25) is 0 Å². The zero-order chi connectivity index (χ0) is 13.6. The summed E-state index contributed by atoms with van der Waals surface area (Å²) in [6.45, 7) is 9.28. The highest BCUT2D eigenvalue weighted by atomic mass is 28.3. The Morgan fingerprint density at radius 3 is 2.33 bits per heavy atom. The van der Waals surface area contributed by atoms with Crippen molar-refractivity contribution in [2.24, 2.45) is 5.92 Å². The zero-order valence-corrected chi connectivity index (χ0v) is 13.4.